The number of nitrogens with two attached hydrogens (primary N) is 1. The summed E-state index contributed by atoms with van der Waals surface area (Å²) in [5.74, 6) is -1.63. The second kappa shape index (κ2) is 15.0. The average molecular weight is 761 g/mol. The van der Waals surface area contributed by atoms with Crippen molar-refractivity contribution in [1.29, 1.82) is 0 Å². The molecule has 51 heavy (non-hydrogen) atoms. The predicted molar refractivity (Wildman–Crippen MR) is 192 cm³/mol. The molecule has 0 saturated heterocycles. The number of aromatic nitrogens is 2. The van der Waals surface area contributed by atoms with E-state index in [0.29, 0.717) is 16.8 Å². The number of rotatable bonds is 13. The van der Waals surface area contributed by atoms with E-state index < -0.39 is 31.5 Å². The van der Waals surface area contributed by atoms with Crippen molar-refractivity contribution in [3.8, 4) is 22.9 Å². The molecular formula is C35H28N4O8S4. The normalized spacial score (nSPS) is 11.7. The third-order valence-electron chi connectivity index (χ3n) is 7.12. The molecule has 0 saturated carbocycles. The van der Waals surface area contributed by atoms with Gasteiger partial charge < -0.3 is 19.9 Å². The highest BCUT2D eigenvalue weighted by Gasteiger charge is 2.30. The zero-order valence-electron chi connectivity index (χ0n) is 26.7. The number of primary amides is 1. The van der Waals surface area contributed by atoms with Gasteiger partial charge in [0.15, 0.2) is 0 Å². The standard InChI is InChI=1S/C35H28N4O8S4/c1-22-15-17-27(18-16-22)51(44,45)33-35(46-30(38-33)23-9-4-2-5-10-23)49-21-29(41)37-25-12-8-11-24(19-25)31-39-32(34(47-31)48-20-28(36)40)50(42,43)26-13-6-3-7-14-26/h2-19H,20-21H2,1H3,(H2,36,40)(H,37,41). The molecule has 2 heterocycles. The highest BCUT2D eigenvalue weighted by molar-refractivity contribution is 8.01. The molecule has 2 amide bonds. The first-order valence-corrected chi connectivity index (χ1v) is 20.0. The van der Waals surface area contributed by atoms with Gasteiger partial charge >= 0.3 is 0 Å². The lowest BCUT2D eigenvalue weighted by atomic mass is 10.2. The zero-order valence-corrected chi connectivity index (χ0v) is 29.9. The van der Waals surface area contributed by atoms with Crippen LogP contribution in [0.3, 0.4) is 0 Å². The Bertz CT molecular complexity index is 2430. The van der Waals surface area contributed by atoms with Crippen LogP contribution >= 0.6 is 23.5 Å². The number of nitrogens with zero attached hydrogens (tertiary/aromatic N) is 2. The maximum Gasteiger partial charge on any atom is 0.234 e. The first-order valence-electron chi connectivity index (χ1n) is 15.0. The number of anilines is 1. The Hall–Kier alpha value is -5.16. The van der Waals surface area contributed by atoms with Crippen LogP contribution in [-0.2, 0) is 29.3 Å². The van der Waals surface area contributed by atoms with Crippen LogP contribution in [0, 0.1) is 6.92 Å². The lowest BCUT2D eigenvalue weighted by Crippen LogP contribution is -2.14. The van der Waals surface area contributed by atoms with E-state index in [1.165, 1.54) is 30.3 Å². The molecule has 260 valence electrons. The van der Waals surface area contributed by atoms with Crippen molar-refractivity contribution in [2.45, 2.75) is 37.0 Å². The van der Waals surface area contributed by atoms with Crippen LogP contribution in [0.15, 0.2) is 148 Å². The summed E-state index contributed by atoms with van der Waals surface area (Å²) in [6.07, 6.45) is 0. The Morgan fingerprint density at radius 3 is 1.76 bits per heavy atom. The van der Waals surface area contributed by atoms with E-state index in [-0.39, 0.29) is 53.3 Å². The number of benzene rings is 4. The summed E-state index contributed by atoms with van der Waals surface area (Å²) in [6.45, 7) is 1.84. The molecule has 12 nitrogen and oxygen atoms in total. The molecule has 4 aromatic carbocycles. The molecule has 6 rings (SSSR count). The topological polar surface area (TPSA) is 193 Å². The number of amides is 2. The first kappa shape index (κ1) is 35.7. The average Bonchev–Trinajstić information content (AvgIpc) is 3.77. The van der Waals surface area contributed by atoms with Gasteiger partial charge in [0.05, 0.1) is 21.3 Å². The third kappa shape index (κ3) is 8.09. The third-order valence-corrected chi connectivity index (χ3v) is 12.7. The predicted octanol–water partition coefficient (Wildman–Crippen LogP) is 6.28. The van der Waals surface area contributed by atoms with Crippen LogP contribution in [0.25, 0.3) is 22.9 Å². The molecule has 2 aromatic heterocycles. The van der Waals surface area contributed by atoms with Crippen molar-refractivity contribution >= 4 is 60.7 Å². The molecule has 3 N–H and O–H groups in total. The largest absolute Gasteiger partial charge is 0.428 e. The Morgan fingerprint density at radius 2 is 1.18 bits per heavy atom. The van der Waals surface area contributed by atoms with E-state index in [2.05, 4.69) is 15.3 Å². The number of carbonyl (C=O) groups excluding carboxylic acids is 2. The SMILES string of the molecule is Cc1ccc(S(=O)(=O)c2nc(-c3ccccc3)oc2SCC(=O)Nc2cccc(-c3nc(S(=O)(=O)c4ccccc4)c(SCC(N)=O)o3)c2)cc1. The summed E-state index contributed by atoms with van der Waals surface area (Å²) in [6, 6.07) is 29.2. The monoisotopic (exact) mass is 760 g/mol. The summed E-state index contributed by atoms with van der Waals surface area (Å²) < 4.78 is 65.9. The lowest BCUT2D eigenvalue weighted by Gasteiger charge is -2.07. The second-order valence-corrected chi connectivity index (χ2v) is 16.5. The number of nitrogens with one attached hydrogen (secondary N) is 1. The minimum Gasteiger partial charge on any atom is -0.428 e. The molecule has 0 aliphatic rings. The van der Waals surface area contributed by atoms with Crippen molar-refractivity contribution in [2.24, 2.45) is 5.73 Å². The summed E-state index contributed by atoms with van der Waals surface area (Å²) in [4.78, 5) is 33.3. The minimum atomic E-state index is -4.12. The maximum absolute atomic E-state index is 13.6. The van der Waals surface area contributed by atoms with Crippen LogP contribution in [0.4, 0.5) is 5.69 Å². The molecule has 0 aliphatic heterocycles. The molecule has 0 aliphatic carbocycles. The van der Waals surface area contributed by atoms with Crippen LogP contribution in [0.5, 0.6) is 0 Å². The molecular weight excluding hydrogens is 733 g/mol. The van der Waals surface area contributed by atoms with E-state index in [4.69, 9.17) is 14.6 Å². The van der Waals surface area contributed by atoms with Gasteiger partial charge in [-0.25, -0.2) is 16.8 Å². The van der Waals surface area contributed by atoms with Gasteiger partial charge in [-0.15, -0.1) is 0 Å². The van der Waals surface area contributed by atoms with Gasteiger partial charge in [-0.1, -0.05) is 83.7 Å². The second-order valence-electron chi connectivity index (χ2n) is 10.9. The molecule has 0 unspecified atom stereocenters. The Morgan fingerprint density at radius 1 is 0.667 bits per heavy atom. The summed E-state index contributed by atoms with van der Waals surface area (Å²) >= 11 is 1.67. The molecule has 16 heteroatoms. The maximum atomic E-state index is 13.6. The lowest BCUT2D eigenvalue weighted by molar-refractivity contribution is -0.115. The van der Waals surface area contributed by atoms with E-state index in [1.807, 2.05) is 6.92 Å². The molecule has 0 fully saturated rings. The number of hydrogen-bond acceptors (Lipinski definition) is 12. The Kier molecular flexibility index (Phi) is 10.5. The van der Waals surface area contributed by atoms with Gasteiger partial charge in [0.1, 0.15) is 0 Å². The zero-order chi connectivity index (χ0) is 36.2. The molecule has 6 aromatic rings. The van der Waals surface area contributed by atoms with Crippen molar-refractivity contribution in [1.82, 2.24) is 9.97 Å². The summed E-state index contributed by atoms with van der Waals surface area (Å²) in [7, 11) is -8.23. The molecule has 0 spiro atoms. The van der Waals surface area contributed by atoms with Crippen LogP contribution in [-0.4, -0.2) is 50.1 Å². The molecule has 0 radical (unpaired) electrons. The number of sulfone groups is 2. The van der Waals surface area contributed by atoms with Crippen molar-refractivity contribution in [2.75, 3.05) is 16.8 Å². The fraction of sp³-hybridized carbons (Fsp3) is 0.0857. The molecule has 0 bridgehead atoms. The van der Waals surface area contributed by atoms with Gasteiger partial charge in [-0.2, -0.15) is 9.97 Å². The van der Waals surface area contributed by atoms with E-state index in [0.717, 1.165) is 29.1 Å². The van der Waals surface area contributed by atoms with E-state index in [9.17, 15) is 26.4 Å². The van der Waals surface area contributed by atoms with Gasteiger partial charge in [-0.3, -0.25) is 9.59 Å². The van der Waals surface area contributed by atoms with Crippen LogP contribution in [0.1, 0.15) is 5.56 Å². The smallest absolute Gasteiger partial charge is 0.234 e. The van der Waals surface area contributed by atoms with Gasteiger partial charge in [0, 0.05) is 16.8 Å². The Labute approximate surface area is 301 Å². The quantitative estimate of drug-likeness (QED) is 0.125. The number of oxazole rings is 2. The number of hydrogen-bond donors (Lipinski definition) is 2. The van der Waals surface area contributed by atoms with Gasteiger partial charge in [0.2, 0.25) is 63.5 Å². The Balaban J connectivity index is 1.24. The fourth-order valence-electron chi connectivity index (χ4n) is 4.67. The number of aryl methyl sites for hydroxylation is 1. The number of thioether (sulfide) groups is 2. The highest BCUT2D eigenvalue weighted by atomic mass is 32.2. The van der Waals surface area contributed by atoms with E-state index in [1.54, 1.807) is 78.9 Å². The van der Waals surface area contributed by atoms with Gasteiger partial charge in [-0.05, 0) is 61.5 Å². The first-order chi connectivity index (χ1) is 24.4. The fourth-order valence-corrected chi connectivity index (χ4v) is 9.29. The minimum absolute atomic E-state index is 0.0123. The van der Waals surface area contributed by atoms with Crippen LogP contribution < -0.4 is 11.1 Å². The van der Waals surface area contributed by atoms with Crippen molar-refractivity contribution in [3.05, 3.63) is 115 Å². The van der Waals surface area contributed by atoms with E-state index >= 15 is 0 Å². The van der Waals surface area contributed by atoms with Gasteiger partial charge in [0.25, 0.3) is 0 Å². The van der Waals surface area contributed by atoms with Crippen molar-refractivity contribution in [3.63, 3.8) is 0 Å². The summed E-state index contributed by atoms with van der Waals surface area (Å²) in [5, 5.41) is 1.90. The van der Waals surface area contributed by atoms with Crippen LogP contribution in [0.2, 0.25) is 0 Å². The molecule has 0 atom stereocenters. The van der Waals surface area contributed by atoms with Crippen molar-refractivity contribution < 1.29 is 35.3 Å². The highest BCUT2D eigenvalue weighted by Crippen LogP contribution is 2.37. The number of carbonyl (C=O) groups is 2. The summed E-state index contributed by atoms with van der Waals surface area (Å²) in [5.41, 5.74) is 7.40.